The molecule has 0 aromatic heterocycles. The molecule has 0 aliphatic carbocycles. The molecule has 0 saturated heterocycles. The first-order chi connectivity index (χ1) is 11.2. The number of ether oxygens (including phenoxy) is 1. The highest BCUT2D eigenvalue weighted by Crippen LogP contribution is 2.15. The Morgan fingerprint density at radius 2 is 2.00 bits per heavy atom. The molecule has 0 aliphatic rings. The topological polar surface area (TPSA) is 38.3 Å². The fraction of sp³-hybridized carbons (Fsp3) is 0.211. The molecule has 0 aliphatic heterocycles. The second kappa shape index (κ2) is 9.01. The summed E-state index contributed by atoms with van der Waals surface area (Å²) in [6.45, 7) is 2.82. The molecule has 2 aromatic rings. The van der Waals surface area contributed by atoms with Crippen LogP contribution in [0, 0.1) is 0 Å². The van der Waals surface area contributed by atoms with Crippen LogP contribution in [0.1, 0.15) is 30.1 Å². The highest BCUT2D eigenvalue weighted by Gasteiger charge is 2.02. The molecule has 2 rings (SSSR count). The quantitative estimate of drug-likeness (QED) is 0.404. The molecule has 1 N–H and O–H groups in total. The van der Waals surface area contributed by atoms with E-state index in [0.717, 1.165) is 24.3 Å². The highest BCUT2D eigenvalue weighted by molar-refractivity contribution is 6.30. The van der Waals surface area contributed by atoms with Crippen LogP contribution in [0.15, 0.2) is 60.8 Å². The van der Waals surface area contributed by atoms with Crippen molar-refractivity contribution in [1.29, 1.82) is 0 Å². The van der Waals surface area contributed by atoms with E-state index in [0.29, 0.717) is 17.2 Å². The molecule has 2 aromatic carbocycles. The summed E-state index contributed by atoms with van der Waals surface area (Å²) in [5.41, 5.74) is 1.46. The van der Waals surface area contributed by atoms with E-state index in [1.54, 1.807) is 30.5 Å². The zero-order valence-electron chi connectivity index (χ0n) is 13.1. The fourth-order valence-electron chi connectivity index (χ4n) is 1.94. The maximum atomic E-state index is 12.1. The first kappa shape index (κ1) is 17.1. The lowest BCUT2D eigenvalue weighted by Gasteiger charge is -2.05. The number of allylic oxidation sites excluding steroid dienone is 1. The maximum absolute atomic E-state index is 12.1. The Labute approximate surface area is 141 Å². The Bertz CT molecular complexity index is 665. The number of halogens is 1. The number of nitrogens with one attached hydrogen (secondary N) is 1. The van der Waals surface area contributed by atoms with Crippen LogP contribution >= 0.6 is 11.6 Å². The van der Waals surface area contributed by atoms with Gasteiger partial charge in [0.15, 0.2) is 5.78 Å². The number of carbonyl (C=O) groups is 1. The molecule has 4 heteroatoms. The minimum atomic E-state index is -0.0698. The molecule has 0 bridgehead atoms. The summed E-state index contributed by atoms with van der Waals surface area (Å²) in [6, 6.07) is 14.5. The van der Waals surface area contributed by atoms with Crippen molar-refractivity contribution in [3.8, 4) is 5.75 Å². The lowest BCUT2D eigenvalue weighted by Crippen LogP contribution is -1.99. The second-order valence-electron chi connectivity index (χ2n) is 5.08. The highest BCUT2D eigenvalue weighted by atomic mass is 35.5. The zero-order chi connectivity index (χ0) is 16.5. The Morgan fingerprint density at radius 1 is 1.22 bits per heavy atom. The van der Waals surface area contributed by atoms with E-state index in [4.69, 9.17) is 16.3 Å². The predicted molar refractivity (Wildman–Crippen MR) is 95.4 cm³/mol. The monoisotopic (exact) mass is 329 g/mol. The number of hydrogen-bond donors (Lipinski definition) is 1. The van der Waals surface area contributed by atoms with Crippen LogP contribution in [-0.2, 0) is 0 Å². The molecule has 0 unspecified atom stereocenters. The number of anilines is 1. The number of benzene rings is 2. The van der Waals surface area contributed by atoms with Crippen molar-refractivity contribution < 1.29 is 9.53 Å². The van der Waals surface area contributed by atoms with Crippen molar-refractivity contribution in [2.45, 2.75) is 19.8 Å². The van der Waals surface area contributed by atoms with Crippen LogP contribution in [-0.4, -0.2) is 12.4 Å². The van der Waals surface area contributed by atoms with Gasteiger partial charge in [-0.25, -0.2) is 0 Å². The zero-order valence-corrected chi connectivity index (χ0v) is 13.8. The number of unbranched alkanes of at least 4 members (excludes halogenated alkanes) is 1. The normalized spacial score (nSPS) is 10.7. The van der Waals surface area contributed by atoms with Gasteiger partial charge in [0.2, 0.25) is 0 Å². The van der Waals surface area contributed by atoms with Crippen molar-refractivity contribution >= 4 is 23.1 Å². The summed E-state index contributed by atoms with van der Waals surface area (Å²) in [4.78, 5) is 12.1. The fourth-order valence-corrected chi connectivity index (χ4v) is 2.13. The average Bonchev–Trinajstić information content (AvgIpc) is 2.56. The standard InChI is InChI=1S/C19H20ClNO2/c1-2-3-13-23-18-9-7-15(8-10-18)19(22)11-12-21-17-6-4-5-16(20)14-17/h4-12,14,21H,2-3,13H2,1H3/b12-11+. The van der Waals surface area contributed by atoms with Crippen LogP contribution in [0.3, 0.4) is 0 Å². The molecule has 23 heavy (non-hydrogen) atoms. The molecule has 0 heterocycles. The van der Waals surface area contributed by atoms with Crippen LogP contribution in [0.5, 0.6) is 5.75 Å². The van der Waals surface area contributed by atoms with Crippen molar-refractivity contribution in [2.75, 3.05) is 11.9 Å². The lowest BCUT2D eigenvalue weighted by atomic mass is 10.1. The predicted octanol–water partition coefficient (Wildman–Crippen LogP) is 5.33. The maximum Gasteiger partial charge on any atom is 0.187 e. The summed E-state index contributed by atoms with van der Waals surface area (Å²) < 4.78 is 5.58. The largest absolute Gasteiger partial charge is 0.494 e. The van der Waals surface area contributed by atoms with Gasteiger partial charge in [-0.05, 0) is 48.9 Å². The van der Waals surface area contributed by atoms with Crippen LogP contribution in [0.4, 0.5) is 5.69 Å². The van der Waals surface area contributed by atoms with Crippen molar-refractivity contribution in [3.05, 3.63) is 71.4 Å². The van der Waals surface area contributed by atoms with Gasteiger partial charge in [-0.2, -0.15) is 0 Å². The van der Waals surface area contributed by atoms with E-state index >= 15 is 0 Å². The molecule has 120 valence electrons. The molecule has 0 fully saturated rings. The summed E-state index contributed by atoms with van der Waals surface area (Å²) in [7, 11) is 0. The Kier molecular flexibility index (Phi) is 6.70. The van der Waals surface area contributed by atoms with Crippen molar-refractivity contribution in [2.24, 2.45) is 0 Å². The lowest BCUT2D eigenvalue weighted by molar-refractivity contribution is 0.104. The van der Waals surface area contributed by atoms with E-state index < -0.39 is 0 Å². The van der Waals surface area contributed by atoms with Gasteiger partial charge >= 0.3 is 0 Å². The van der Waals surface area contributed by atoms with Crippen LogP contribution in [0.25, 0.3) is 0 Å². The third kappa shape index (κ3) is 5.80. The minimum Gasteiger partial charge on any atom is -0.494 e. The molecule has 0 amide bonds. The molecule has 3 nitrogen and oxygen atoms in total. The van der Waals surface area contributed by atoms with Crippen LogP contribution < -0.4 is 10.1 Å². The van der Waals surface area contributed by atoms with Crippen LogP contribution in [0.2, 0.25) is 5.02 Å². The number of rotatable bonds is 8. The summed E-state index contributed by atoms with van der Waals surface area (Å²) >= 11 is 5.90. The van der Waals surface area contributed by atoms with Gasteiger partial charge in [0, 0.05) is 28.5 Å². The van der Waals surface area contributed by atoms with Gasteiger partial charge in [0.25, 0.3) is 0 Å². The summed E-state index contributed by atoms with van der Waals surface area (Å²) in [5, 5.41) is 3.67. The number of carbonyl (C=O) groups excluding carboxylic acids is 1. The van der Waals surface area contributed by atoms with Gasteiger partial charge in [-0.15, -0.1) is 0 Å². The van der Waals surface area contributed by atoms with Gasteiger partial charge in [-0.1, -0.05) is 31.0 Å². The van der Waals surface area contributed by atoms with E-state index in [1.807, 2.05) is 24.3 Å². The third-order valence-electron chi connectivity index (χ3n) is 3.21. The Balaban J connectivity index is 1.88. The van der Waals surface area contributed by atoms with Gasteiger partial charge in [0.1, 0.15) is 5.75 Å². The second-order valence-corrected chi connectivity index (χ2v) is 5.52. The first-order valence-corrected chi connectivity index (χ1v) is 8.02. The Morgan fingerprint density at radius 3 is 2.70 bits per heavy atom. The summed E-state index contributed by atoms with van der Waals surface area (Å²) in [6.07, 6.45) is 5.23. The minimum absolute atomic E-state index is 0.0698. The average molecular weight is 330 g/mol. The first-order valence-electron chi connectivity index (χ1n) is 7.65. The number of hydrogen-bond acceptors (Lipinski definition) is 3. The molecule has 0 spiro atoms. The molecular weight excluding hydrogens is 310 g/mol. The van der Waals surface area contributed by atoms with Crippen molar-refractivity contribution in [3.63, 3.8) is 0 Å². The molecule has 0 radical (unpaired) electrons. The molecule has 0 atom stereocenters. The van der Waals surface area contributed by atoms with Gasteiger partial charge in [0.05, 0.1) is 6.61 Å². The third-order valence-corrected chi connectivity index (χ3v) is 3.45. The summed E-state index contributed by atoms with van der Waals surface area (Å²) in [5.74, 6) is 0.718. The van der Waals surface area contributed by atoms with E-state index in [9.17, 15) is 4.79 Å². The van der Waals surface area contributed by atoms with Crippen molar-refractivity contribution in [1.82, 2.24) is 0 Å². The van der Waals surface area contributed by atoms with Gasteiger partial charge in [-0.3, -0.25) is 4.79 Å². The van der Waals surface area contributed by atoms with E-state index in [2.05, 4.69) is 12.2 Å². The molecule has 0 saturated carbocycles. The molecular formula is C19H20ClNO2. The van der Waals surface area contributed by atoms with Gasteiger partial charge < -0.3 is 10.1 Å². The Hall–Kier alpha value is -2.26. The number of ketones is 1. The SMILES string of the molecule is CCCCOc1ccc(C(=O)/C=C/Nc2cccc(Cl)c2)cc1. The van der Waals surface area contributed by atoms with E-state index in [1.165, 1.54) is 6.08 Å². The smallest absolute Gasteiger partial charge is 0.187 e. The van der Waals surface area contributed by atoms with E-state index in [-0.39, 0.29) is 5.78 Å².